The molecular weight excluding hydrogens is 300 g/mol. The van der Waals surface area contributed by atoms with E-state index < -0.39 is 10.0 Å². The van der Waals surface area contributed by atoms with E-state index in [0.717, 1.165) is 0 Å². The van der Waals surface area contributed by atoms with Gasteiger partial charge in [0.25, 0.3) is 0 Å². The minimum absolute atomic E-state index is 0.0449. The van der Waals surface area contributed by atoms with Gasteiger partial charge >= 0.3 is 0 Å². The molecule has 0 aliphatic rings. The van der Waals surface area contributed by atoms with Crippen LogP contribution >= 0.6 is 12.2 Å². The molecule has 1 aromatic heterocycles. The van der Waals surface area contributed by atoms with E-state index in [-0.39, 0.29) is 22.3 Å². The highest BCUT2D eigenvalue weighted by Gasteiger charge is 2.15. The van der Waals surface area contributed by atoms with Crippen molar-refractivity contribution in [3.63, 3.8) is 0 Å². The lowest BCUT2D eigenvalue weighted by Gasteiger charge is -2.05. The van der Waals surface area contributed by atoms with Crippen LogP contribution in [0.25, 0.3) is 0 Å². The summed E-state index contributed by atoms with van der Waals surface area (Å²) in [5, 5.41) is 3.60. The number of nitrogens with one attached hydrogen (secondary N) is 1. The normalized spacial score (nSPS) is 11.4. The van der Waals surface area contributed by atoms with E-state index in [2.05, 4.69) is 14.9 Å². The fourth-order valence-electron chi connectivity index (χ4n) is 1.45. The summed E-state index contributed by atoms with van der Waals surface area (Å²) in [7, 11) is -3.65. The predicted molar refractivity (Wildman–Crippen MR) is 75.4 cm³/mol. The highest BCUT2D eigenvalue weighted by Crippen LogP contribution is 2.11. The maximum atomic E-state index is 12.0. The average molecular weight is 312 g/mol. The number of nitrogens with two attached hydrogens (primary N) is 1. The lowest BCUT2D eigenvalue weighted by atomic mass is 10.2. The molecular formula is C11H12N4O3S2. The van der Waals surface area contributed by atoms with E-state index in [1.54, 1.807) is 19.1 Å². The van der Waals surface area contributed by atoms with Gasteiger partial charge in [-0.25, -0.2) is 13.1 Å². The summed E-state index contributed by atoms with van der Waals surface area (Å²) in [6.45, 7) is 1.58. The molecule has 106 valence electrons. The highest BCUT2D eigenvalue weighted by molar-refractivity contribution is 7.89. The zero-order valence-electron chi connectivity index (χ0n) is 10.5. The minimum atomic E-state index is -3.65. The van der Waals surface area contributed by atoms with Crippen LogP contribution in [0.15, 0.2) is 33.7 Å². The van der Waals surface area contributed by atoms with Crippen molar-refractivity contribution < 1.29 is 12.9 Å². The molecule has 0 aliphatic carbocycles. The molecule has 0 radical (unpaired) electrons. The molecule has 0 unspecified atom stereocenters. The van der Waals surface area contributed by atoms with Gasteiger partial charge in [0.05, 0.1) is 11.4 Å². The smallest absolute Gasteiger partial charge is 0.240 e. The third-order valence-corrected chi connectivity index (χ3v) is 4.09. The van der Waals surface area contributed by atoms with Crippen molar-refractivity contribution in [2.45, 2.75) is 18.4 Å². The first-order valence-electron chi connectivity index (χ1n) is 5.57. The minimum Gasteiger partial charge on any atom is -0.389 e. The van der Waals surface area contributed by atoms with E-state index in [0.29, 0.717) is 11.5 Å². The third kappa shape index (κ3) is 3.38. The Morgan fingerprint density at radius 1 is 1.40 bits per heavy atom. The van der Waals surface area contributed by atoms with Crippen LogP contribution in [0.2, 0.25) is 0 Å². The first-order chi connectivity index (χ1) is 9.38. The monoisotopic (exact) mass is 312 g/mol. The van der Waals surface area contributed by atoms with Crippen LogP contribution in [-0.2, 0) is 16.6 Å². The number of thiocarbonyl (C=S) groups is 1. The quantitative estimate of drug-likeness (QED) is 0.773. The second-order valence-corrected chi connectivity index (χ2v) is 6.15. The van der Waals surface area contributed by atoms with Gasteiger partial charge in [0.15, 0.2) is 5.82 Å². The summed E-state index contributed by atoms with van der Waals surface area (Å²) >= 11 is 4.80. The van der Waals surface area contributed by atoms with Gasteiger partial charge < -0.3 is 10.3 Å². The van der Waals surface area contributed by atoms with Crippen molar-refractivity contribution in [3.05, 3.63) is 41.5 Å². The first kappa shape index (κ1) is 14.6. The molecule has 1 heterocycles. The van der Waals surface area contributed by atoms with Crippen molar-refractivity contribution in [1.82, 2.24) is 14.9 Å². The fraction of sp³-hybridized carbons (Fsp3) is 0.182. The van der Waals surface area contributed by atoms with Crippen molar-refractivity contribution in [1.29, 1.82) is 0 Å². The van der Waals surface area contributed by atoms with Gasteiger partial charge in [-0.15, -0.1) is 0 Å². The van der Waals surface area contributed by atoms with Crippen LogP contribution in [0.4, 0.5) is 0 Å². The molecule has 0 spiro atoms. The molecule has 1 aromatic carbocycles. The van der Waals surface area contributed by atoms with Gasteiger partial charge in [-0.3, -0.25) is 0 Å². The van der Waals surface area contributed by atoms with Crippen LogP contribution < -0.4 is 10.5 Å². The van der Waals surface area contributed by atoms with Crippen molar-refractivity contribution >= 4 is 27.2 Å². The number of hydrogen-bond donors (Lipinski definition) is 2. The average Bonchev–Trinajstić information content (AvgIpc) is 2.82. The zero-order chi connectivity index (χ0) is 14.8. The maximum Gasteiger partial charge on any atom is 0.240 e. The zero-order valence-corrected chi connectivity index (χ0v) is 12.2. The molecule has 0 aliphatic heterocycles. The van der Waals surface area contributed by atoms with Gasteiger partial charge in [0.2, 0.25) is 15.9 Å². The molecule has 2 rings (SSSR count). The largest absolute Gasteiger partial charge is 0.389 e. The Labute approximate surface area is 121 Å². The SMILES string of the molecule is Cc1nc(CNS(=O)(=O)c2ccc(C(N)=S)cc2)no1. The number of nitrogens with zero attached hydrogens (tertiary/aromatic N) is 2. The molecule has 3 N–H and O–H groups in total. The van der Waals surface area contributed by atoms with Crippen molar-refractivity contribution in [3.8, 4) is 0 Å². The first-order valence-corrected chi connectivity index (χ1v) is 7.46. The Hall–Kier alpha value is -1.84. The third-order valence-electron chi connectivity index (χ3n) is 2.44. The topological polar surface area (TPSA) is 111 Å². The standard InChI is InChI=1S/C11H12N4O3S2/c1-7-14-10(15-18-7)6-13-20(16,17)9-4-2-8(3-5-9)11(12)19/h2-5,13H,6H2,1H3,(H2,12,19). The Morgan fingerprint density at radius 3 is 2.55 bits per heavy atom. The van der Waals surface area contributed by atoms with Crippen LogP contribution in [-0.4, -0.2) is 23.5 Å². The molecule has 0 amide bonds. The second-order valence-electron chi connectivity index (χ2n) is 3.94. The van der Waals surface area contributed by atoms with Gasteiger partial charge in [0, 0.05) is 12.5 Å². The Morgan fingerprint density at radius 2 is 2.05 bits per heavy atom. The van der Waals surface area contributed by atoms with E-state index in [4.69, 9.17) is 22.5 Å². The van der Waals surface area contributed by atoms with Crippen LogP contribution in [0, 0.1) is 6.92 Å². The van der Waals surface area contributed by atoms with Gasteiger partial charge in [0.1, 0.15) is 4.99 Å². The Balaban J connectivity index is 2.11. The Bertz CT molecular complexity index is 722. The van der Waals surface area contributed by atoms with Gasteiger partial charge in [-0.2, -0.15) is 4.98 Å². The number of rotatable bonds is 5. The predicted octanol–water partition coefficient (Wildman–Crippen LogP) is 0.491. The van der Waals surface area contributed by atoms with Gasteiger partial charge in [-0.1, -0.05) is 29.5 Å². The summed E-state index contributed by atoms with van der Waals surface area (Å²) in [6, 6.07) is 5.96. The summed E-state index contributed by atoms with van der Waals surface area (Å²) in [4.78, 5) is 4.23. The number of sulfonamides is 1. The van der Waals surface area contributed by atoms with Gasteiger partial charge in [-0.05, 0) is 12.1 Å². The molecule has 2 aromatic rings. The lowest BCUT2D eigenvalue weighted by molar-refractivity contribution is 0.387. The summed E-state index contributed by atoms with van der Waals surface area (Å²) in [5.74, 6) is 0.644. The van der Waals surface area contributed by atoms with Crippen LogP contribution in [0.3, 0.4) is 0 Å². The number of aryl methyl sites for hydroxylation is 1. The second kappa shape index (κ2) is 5.65. The summed E-state index contributed by atoms with van der Waals surface area (Å²) in [6.07, 6.45) is 0. The molecule has 7 nitrogen and oxygen atoms in total. The Kier molecular flexibility index (Phi) is 4.12. The van der Waals surface area contributed by atoms with E-state index in [1.165, 1.54) is 12.1 Å². The number of benzene rings is 1. The van der Waals surface area contributed by atoms with Crippen LogP contribution in [0.5, 0.6) is 0 Å². The molecule has 0 fully saturated rings. The van der Waals surface area contributed by atoms with E-state index in [1.807, 2.05) is 0 Å². The van der Waals surface area contributed by atoms with Crippen LogP contribution in [0.1, 0.15) is 17.3 Å². The fourth-order valence-corrected chi connectivity index (χ4v) is 2.57. The molecule has 9 heteroatoms. The van der Waals surface area contributed by atoms with E-state index >= 15 is 0 Å². The van der Waals surface area contributed by atoms with Crippen molar-refractivity contribution in [2.75, 3.05) is 0 Å². The summed E-state index contributed by atoms with van der Waals surface area (Å²) < 4.78 is 31.2. The highest BCUT2D eigenvalue weighted by atomic mass is 32.2. The summed E-state index contributed by atoms with van der Waals surface area (Å²) in [5.41, 5.74) is 6.05. The molecule has 0 bridgehead atoms. The van der Waals surface area contributed by atoms with Crippen molar-refractivity contribution in [2.24, 2.45) is 5.73 Å². The molecule has 0 saturated heterocycles. The molecule has 20 heavy (non-hydrogen) atoms. The molecule has 0 saturated carbocycles. The number of aromatic nitrogens is 2. The lowest BCUT2D eigenvalue weighted by Crippen LogP contribution is -2.24. The molecule has 0 atom stereocenters. The van der Waals surface area contributed by atoms with E-state index in [9.17, 15) is 8.42 Å². The number of hydrogen-bond acceptors (Lipinski definition) is 6. The maximum absolute atomic E-state index is 12.0.